The largest absolute Gasteiger partial charge is 0.356 e. The number of hydrogen-bond donors (Lipinski definition) is 2. The number of piperidine rings is 1. The van der Waals surface area contributed by atoms with Crippen LogP contribution in [0.4, 0.5) is 4.39 Å². The van der Waals surface area contributed by atoms with Gasteiger partial charge in [0.2, 0.25) is 0 Å². The number of nitrogens with one attached hydrogen (secondary N) is 2. The number of likely N-dealkylation sites (tertiary alicyclic amines) is 1. The number of rotatable bonds is 6. The maximum Gasteiger partial charge on any atom is 0.191 e. The first-order valence-electron chi connectivity index (χ1n) is 8.58. The molecule has 0 bridgehead atoms. The Morgan fingerprint density at radius 2 is 2.00 bits per heavy atom. The Morgan fingerprint density at radius 3 is 2.70 bits per heavy atom. The lowest BCUT2D eigenvalue weighted by molar-refractivity contribution is 0.187. The van der Waals surface area contributed by atoms with Crippen LogP contribution in [0.3, 0.4) is 0 Å². The van der Waals surface area contributed by atoms with Gasteiger partial charge in [-0.25, -0.2) is 4.39 Å². The van der Waals surface area contributed by atoms with E-state index in [9.17, 15) is 4.39 Å². The van der Waals surface area contributed by atoms with Crippen LogP contribution in [0.5, 0.6) is 0 Å². The number of aliphatic imine (C=N–C) groups is 1. The van der Waals surface area contributed by atoms with E-state index in [1.807, 2.05) is 12.1 Å². The summed E-state index contributed by atoms with van der Waals surface area (Å²) in [6, 6.07) is 6.65. The van der Waals surface area contributed by atoms with Gasteiger partial charge >= 0.3 is 0 Å². The maximum absolute atomic E-state index is 12.9. The molecule has 1 aliphatic heterocycles. The monoisotopic (exact) mass is 320 g/mol. The Morgan fingerprint density at radius 1 is 1.26 bits per heavy atom. The van der Waals surface area contributed by atoms with Gasteiger partial charge in [-0.3, -0.25) is 4.99 Å². The average molecular weight is 320 g/mol. The molecule has 2 rings (SSSR count). The first kappa shape index (κ1) is 17.7. The SMILES string of the molecule is CN=C(NCCc1ccc(F)cc1)NCCN1CCCC(C)C1. The molecule has 128 valence electrons. The van der Waals surface area contributed by atoms with E-state index in [0.717, 1.165) is 43.5 Å². The summed E-state index contributed by atoms with van der Waals surface area (Å²) in [5, 5.41) is 6.67. The van der Waals surface area contributed by atoms with Gasteiger partial charge < -0.3 is 15.5 Å². The molecule has 1 unspecified atom stereocenters. The zero-order valence-electron chi connectivity index (χ0n) is 14.3. The van der Waals surface area contributed by atoms with Gasteiger partial charge in [0.25, 0.3) is 0 Å². The molecule has 1 heterocycles. The minimum atomic E-state index is -0.189. The van der Waals surface area contributed by atoms with Crippen LogP contribution in [0.25, 0.3) is 0 Å². The fraction of sp³-hybridized carbons (Fsp3) is 0.611. The van der Waals surface area contributed by atoms with Gasteiger partial charge in [0, 0.05) is 33.2 Å². The zero-order valence-corrected chi connectivity index (χ0v) is 14.3. The summed E-state index contributed by atoms with van der Waals surface area (Å²) in [7, 11) is 1.79. The van der Waals surface area contributed by atoms with E-state index in [4.69, 9.17) is 0 Å². The van der Waals surface area contributed by atoms with Crippen molar-refractivity contribution in [2.75, 3.05) is 39.8 Å². The fourth-order valence-corrected chi connectivity index (χ4v) is 3.02. The normalized spacial score (nSPS) is 19.6. The van der Waals surface area contributed by atoms with Crippen molar-refractivity contribution >= 4 is 5.96 Å². The van der Waals surface area contributed by atoms with Crippen LogP contribution >= 0.6 is 0 Å². The van der Waals surface area contributed by atoms with Crippen LogP contribution in [0.2, 0.25) is 0 Å². The van der Waals surface area contributed by atoms with E-state index in [2.05, 4.69) is 27.4 Å². The van der Waals surface area contributed by atoms with E-state index in [1.165, 1.54) is 38.1 Å². The molecule has 0 amide bonds. The second-order valence-electron chi connectivity index (χ2n) is 6.35. The van der Waals surface area contributed by atoms with Crippen LogP contribution in [-0.2, 0) is 6.42 Å². The van der Waals surface area contributed by atoms with Crippen LogP contribution in [-0.4, -0.2) is 50.6 Å². The van der Waals surface area contributed by atoms with Crippen LogP contribution < -0.4 is 10.6 Å². The quantitative estimate of drug-likeness (QED) is 0.624. The van der Waals surface area contributed by atoms with Crippen LogP contribution in [0, 0.1) is 11.7 Å². The molecule has 0 saturated carbocycles. The highest BCUT2D eigenvalue weighted by atomic mass is 19.1. The van der Waals surface area contributed by atoms with E-state index in [-0.39, 0.29) is 5.82 Å². The molecule has 0 radical (unpaired) electrons. The molecule has 1 atom stereocenters. The predicted molar refractivity (Wildman–Crippen MR) is 94.3 cm³/mol. The summed E-state index contributed by atoms with van der Waals surface area (Å²) < 4.78 is 12.9. The van der Waals surface area contributed by atoms with E-state index < -0.39 is 0 Å². The van der Waals surface area contributed by atoms with Crippen molar-refractivity contribution in [2.45, 2.75) is 26.2 Å². The third kappa shape index (κ3) is 6.57. The predicted octanol–water partition coefficient (Wildman–Crippen LogP) is 2.27. The van der Waals surface area contributed by atoms with Crippen molar-refractivity contribution in [1.29, 1.82) is 0 Å². The minimum absolute atomic E-state index is 0.189. The van der Waals surface area contributed by atoms with Crippen molar-refractivity contribution < 1.29 is 4.39 Å². The minimum Gasteiger partial charge on any atom is -0.356 e. The highest BCUT2D eigenvalue weighted by Gasteiger charge is 2.15. The number of benzene rings is 1. The highest BCUT2D eigenvalue weighted by molar-refractivity contribution is 5.79. The molecule has 1 aromatic rings. The Kier molecular flexibility index (Phi) is 7.33. The van der Waals surface area contributed by atoms with Gasteiger partial charge in [0.15, 0.2) is 5.96 Å². The first-order valence-corrected chi connectivity index (χ1v) is 8.58. The summed E-state index contributed by atoms with van der Waals surface area (Å²) in [5.41, 5.74) is 1.12. The van der Waals surface area contributed by atoms with Gasteiger partial charge in [0.1, 0.15) is 5.82 Å². The molecule has 0 aliphatic carbocycles. The summed E-state index contributed by atoms with van der Waals surface area (Å²) in [6.07, 6.45) is 3.52. The summed E-state index contributed by atoms with van der Waals surface area (Å²) in [5.74, 6) is 1.46. The molecular weight excluding hydrogens is 291 g/mol. The molecule has 1 saturated heterocycles. The number of halogens is 1. The molecule has 1 aromatic carbocycles. The standard InChI is InChI=1S/C18H29FN4/c1-15-4-3-12-23(14-15)13-11-22-18(20-2)21-10-9-16-5-7-17(19)8-6-16/h5-8,15H,3-4,9-14H2,1-2H3,(H2,20,21,22). The van der Waals surface area contributed by atoms with E-state index in [0.29, 0.717) is 0 Å². The Bertz CT molecular complexity index is 486. The molecular formula is C18H29FN4. The van der Waals surface area contributed by atoms with E-state index >= 15 is 0 Å². The topological polar surface area (TPSA) is 39.7 Å². The smallest absolute Gasteiger partial charge is 0.191 e. The Labute approximate surface area is 139 Å². The molecule has 23 heavy (non-hydrogen) atoms. The molecule has 2 N–H and O–H groups in total. The molecule has 0 spiro atoms. The Hall–Kier alpha value is -1.62. The lowest BCUT2D eigenvalue weighted by atomic mass is 10.0. The van der Waals surface area contributed by atoms with Gasteiger partial charge in [-0.2, -0.15) is 0 Å². The summed E-state index contributed by atoms with van der Waals surface area (Å²) in [4.78, 5) is 6.77. The lowest BCUT2D eigenvalue weighted by Crippen LogP contribution is -2.44. The van der Waals surface area contributed by atoms with Gasteiger partial charge in [-0.15, -0.1) is 0 Å². The second-order valence-corrected chi connectivity index (χ2v) is 6.35. The van der Waals surface area contributed by atoms with Crippen molar-refractivity contribution in [2.24, 2.45) is 10.9 Å². The van der Waals surface area contributed by atoms with Crippen molar-refractivity contribution in [3.05, 3.63) is 35.6 Å². The van der Waals surface area contributed by atoms with Crippen molar-refractivity contribution in [3.63, 3.8) is 0 Å². The van der Waals surface area contributed by atoms with Crippen LogP contribution in [0.1, 0.15) is 25.3 Å². The van der Waals surface area contributed by atoms with E-state index in [1.54, 1.807) is 7.05 Å². The third-order valence-corrected chi connectivity index (χ3v) is 4.30. The van der Waals surface area contributed by atoms with Gasteiger partial charge in [-0.05, 0) is 49.4 Å². The highest BCUT2D eigenvalue weighted by Crippen LogP contribution is 2.14. The number of hydrogen-bond acceptors (Lipinski definition) is 2. The second kappa shape index (κ2) is 9.50. The molecule has 1 fully saturated rings. The van der Waals surface area contributed by atoms with Gasteiger partial charge in [-0.1, -0.05) is 19.1 Å². The van der Waals surface area contributed by atoms with Crippen molar-refractivity contribution in [3.8, 4) is 0 Å². The van der Waals surface area contributed by atoms with Gasteiger partial charge in [0.05, 0.1) is 0 Å². The number of nitrogens with zero attached hydrogens (tertiary/aromatic N) is 2. The summed E-state index contributed by atoms with van der Waals surface area (Å²) in [6.45, 7) is 7.49. The average Bonchev–Trinajstić information content (AvgIpc) is 2.55. The fourth-order valence-electron chi connectivity index (χ4n) is 3.02. The Balaban J connectivity index is 1.62. The zero-order chi connectivity index (χ0) is 16.5. The molecule has 4 nitrogen and oxygen atoms in total. The lowest BCUT2D eigenvalue weighted by Gasteiger charge is -2.30. The van der Waals surface area contributed by atoms with Crippen molar-refractivity contribution in [1.82, 2.24) is 15.5 Å². The summed E-state index contributed by atoms with van der Waals surface area (Å²) >= 11 is 0. The third-order valence-electron chi connectivity index (χ3n) is 4.30. The number of guanidine groups is 1. The molecule has 1 aliphatic rings. The first-order chi connectivity index (χ1) is 11.2. The van der Waals surface area contributed by atoms with Crippen LogP contribution in [0.15, 0.2) is 29.3 Å². The molecule has 0 aromatic heterocycles. The molecule has 5 heteroatoms. The maximum atomic E-state index is 12.9.